The zero-order chi connectivity index (χ0) is 21.6. The Balaban J connectivity index is 1.38. The molecule has 0 radical (unpaired) electrons. The number of nitrogens with zero attached hydrogens (tertiary/aromatic N) is 4. The van der Waals surface area contributed by atoms with Crippen molar-refractivity contribution >= 4 is 23.5 Å². The Bertz CT molecular complexity index is 1020. The predicted molar refractivity (Wildman–Crippen MR) is 121 cm³/mol. The smallest absolute Gasteiger partial charge is 0.371 e. The van der Waals surface area contributed by atoms with Gasteiger partial charge < -0.3 is 14.4 Å². The molecule has 1 aliphatic heterocycles. The number of hydrogen-bond acceptors (Lipinski definition) is 7. The van der Waals surface area contributed by atoms with Crippen LogP contribution in [-0.4, -0.2) is 52.1 Å². The van der Waals surface area contributed by atoms with E-state index in [1.165, 1.54) is 23.4 Å². The van der Waals surface area contributed by atoms with Crippen molar-refractivity contribution in [3.8, 4) is 0 Å². The highest BCUT2D eigenvalue weighted by Gasteiger charge is 2.20. The number of carbonyl (C=O) groups is 1. The second kappa shape index (κ2) is 9.98. The quantitative estimate of drug-likeness (QED) is 0.418. The van der Waals surface area contributed by atoms with E-state index in [1.54, 1.807) is 6.07 Å². The SMILES string of the molecule is CCc1cc(N2CCN(Cc3ccccc3)CC2)nc(SCc2ccc(C(=O)O)o2)n1. The molecular formula is C23H26N4O3S. The maximum atomic E-state index is 11.0. The highest BCUT2D eigenvalue weighted by atomic mass is 32.2. The normalized spacial score (nSPS) is 14.7. The monoisotopic (exact) mass is 438 g/mol. The van der Waals surface area contributed by atoms with Gasteiger partial charge in [0.15, 0.2) is 5.16 Å². The van der Waals surface area contributed by atoms with Crippen LogP contribution in [-0.2, 0) is 18.7 Å². The van der Waals surface area contributed by atoms with E-state index in [0.717, 1.165) is 50.7 Å². The summed E-state index contributed by atoms with van der Waals surface area (Å²) in [6, 6.07) is 15.8. The molecule has 3 aromatic rings. The standard InChI is InChI=1S/C23H26N4O3S/c1-2-18-14-21(25-23(24-18)31-16-19-8-9-20(30-19)22(28)29)27-12-10-26(11-13-27)15-17-6-4-3-5-7-17/h3-9,14H,2,10-13,15-16H2,1H3,(H,28,29). The molecule has 31 heavy (non-hydrogen) atoms. The molecule has 0 atom stereocenters. The molecule has 1 saturated heterocycles. The number of aromatic nitrogens is 2. The van der Waals surface area contributed by atoms with E-state index < -0.39 is 5.97 Å². The fraction of sp³-hybridized carbons (Fsp3) is 0.348. The summed E-state index contributed by atoms with van der Waals surface area (Å²) in [5.41, 5.74) is 2.35. The van der Waals surface area contributed by atoms with Crippen LogP contribution in [0.25, 0.3) is 0 Å². The summed E-state index contributed by atoms with van der Waals surface area (Å²) in [6.45, 7) is 6.90. The van der Waals surface area contributed by atoms with Crippen LogP contribution in [0.3, 0.4) is 0 Å². The third kappa shape index (κ3) is 5.65. The number of aromatic carboxylic acids is 1. The van der Waals surface area contributed by atoms with Crippen molar-refractivity contribution < 1.29 is 14.3 Å². The number of hydrogen-bond donors (Lipinski definition) is 1. The molecule has 0 amide bonds. The molecule has 0 aliphatic carbocycles. The largest absolute Gasteiger partial charge is 0.475 e. The first-order valence-electron chi connectivity index (χ1n) is 10.4. The number of anilines is 1. The lowest BCUT2D eigenvalue weighted by atomic mass is 10.2. The summed E-state index contributed by atoms with van der Waals surface area (Å²) in [4.78, 5) is 25.2. The van der Waals surface area contributed by atoms with Crippen molar-refractivity contribution in [1.29, 1.82) is 0 Å². The van der Waals surface area contributed by atoms with Gasteiger partial charge in [0.2, 0.25) is 5.76 Å². The van der Waals surface area contributed by atoms with Crippen LogP contribution >= 0.6 is 11.8 Å². The van der Waals surface area contributed by atoms with Crippen molar-refractivity contribution in [1.82, 2.24) is 14.9 Å². The molecule has 0 saturated carbocycles. The molecular weight excluding hydrogens is 412 g/mol. The summed E-state index contributed by atoms with van der Waals surface area (Å²) < 4.78 is 5.34. The lowest BCUT2D eigenvalue weighted by Gasteiger charge is -2.35. The Morgan fingerprint density at radius 2 is 1.87 bits per heavy atom. The van der Waals surface area contributed by atoms with Crippen molar-refractivity contribution in [3.05, 3.63) is 71.3 Å². The number of carboxylic acids is 1. The van der Waals surface area contributed by atoms with Crippen LogP contribution in [0.2, 0.25) is 0 Å². The number of aryl methyl sites for hydroxylation is 1. The van der Waals surface area contributed by atoms with Gasteiger partial charge in [0.25, 0.3) is 0 Å². The summed E-state index contributed by atoms with van der Waals surface area (Å²) in [6.07, 6.45) is 0.834. The summed E-state index contributed by atoms with van der Waals surface area (Å²) >= 11 is 1.46. The second-order valence-corrected chi connectivity index (χ2v) is 8.40. The van der Waals surface area contributed by atoms with Gasteiger partial charge in [0.05, 0.1) is 5.75 Å². The zero-order valence-corrected chi connectivity index (χ0v) is 18.3. The second-order valence-electron chi connectivity index (χ2n) is 7.46. The van der Waals surface area contributed by atoms with E-state index in [1.807, 2.05) is 0 Å². The summed E-state index contributed by atoms with van der Waals surface area (Å²) in [5, 5.41) is 9.69. The zero-order valence-electron chi connectivity index (χ0n) is 17.5. The van der Waals surface area contributed by atoms with Gasteiger partial charge in [-0.1, -0.05) is 49.0 Å². The number of furan rings is 1. The third-order valence-corrected chi connectivity index (χ3v) is 6.14. The summed E-state index contributed by atoms with van der Waals surface area (Å²) in [7, 11) is 0. The number of thioether (sulfide) groups is 1. The Hall–Kier alpha value is -2.84. The van der Waals surface area contributed by atoms with Crippen LogP contribution in [0.5, 0.6) is 0 Å². The first kappa shape index (κ1) is 21.4. The lowest BCUT2D eigenvalue weighted by Crippen LogP contribution is -2.46. The van der Waals surface area contributed by atoms with E-state index >= 15 is 0 Å². The molecule has 1 fully saturated rings. The minimum atomic E-state index is -1.06. The van der Waals surface area contributed by atoms with Crippen molar-refractivity contribution in [3.63, 3.8) is 0 Å². The molecule has 0 bridgehead atoms. The van der Waals surface area contributed by atoms with Crippen molar-refractivity contribution in [2.75, 3.05) is 31.1 Å². The fourth-order valence-electron chi connectivity index (χ4n) is 3.55. The van der Waals surface area contributed by atoms with E-state index in [9.17, 15) is 4.79 Å². The van der Waals surface area contributed by atoms with Gasteiger partial charge in [-0.3, -0.25) is 4.90 Å². The maximum Gasteiger partial charge on any atom is 0.371 e. The van der Waals surface area contributed by atoms with Crippen molar-refractivity contribution in [2.24, 2.45) is 0 Å². The Morgan fingerprint density at radius 1 is 1.10 bits per heavy atom. The van der Waals surface area contributed by atoms with Gasteiger partial charge in [-0.05, 0) is 24.1 Å². The van der Waals surface area contributed by atoms with E-state index in [4.69, 9.17) is 14.5 Å². The minimum Gasteiger partial charge on any atom is -0.475 e. The molecule has 8 heteroatoms. The molecule has 1 aromatic carbocycles. The minimum absolute atomic E-state index is 0.0483. The first-order chi connectivity index (χ1) is 15.1. The number of piperazine rings is 1. The Morgan fingerprint density at radius 3 is 2.55 bits per heavy atom. The molecule has 3 heterocycles. The van der Waals surface area contributed by atoms with Crippen LogP contribution in [0.15, 0.2) is 58.1 Å². The molecule has 0 unspecified atom stereocenters. The molecule has 0 spiro atoms. The number of rotatable bonds is 8. The van der Waals surface area contributed by atoms with E-state index in [0.29, 0.717) is 16.7 Å². The fourth-order valence-corrected chi connectivity index (χ4v) is 4.32. The van der Waals surface area contributed by atoms with Gasteiger partial charge in [-0.2, -0.15) is 0 Å². The molecule has 7 nitrogen and oxygen atoms in total. The molecule has 2 aromatic heterocycles. The van der Waals surface area contributed by atoms with Crippen LogP contribution in [0.1, 0.15) is 34.5 Å². The Kier molecular flexibility index (Phi) is 6.89. The molecule has 1 aliphatic rings. The van der Waals surface area contributed by atoms with E-state index in [-0.39, 0.29) is 5.76 Å². The van der Waals surface area contributed by atoms with E-state index in [2.05, 4.69) is 58.1 Å². The number of benzene rings is 1. The highest BCUT2D eigenvalue weighted by molar-refractivity contribution is 7.98. The van der Waals surface area contributed by atoms with Crippen molar-refractivity contribution in [2.45, 2.75) is 30.8 Å². The predicted octanol–water partition coefficient (Wildman–Crippen LogP) is 3.94. The van der Waals surface area contributed by atoms with Crippen LogP contribution in [0, 0.1) is 0 Å². The summed E-state index contributed by atoms with van der Waals surface area (Å²) in [5.74, 6) is 0.940. The first-order valence-corrected chi connectivity index (χ1v) is 11.4. The van der Waals surface area contributed by atoms with Gasteiger partial charge in [-0.15, -0.1) is 0 Å². The van der Waals surface area contributed by atoms with Gasteiger partial charge >= 0.3 is 5.97 Å². The van der Waals surface area contributed by atoms with Gasteiger partial charge in [-0.25, -0.2) is 14.8 Å². The molecule has 162 valence electrons. The molecule has 1 N–H and O–H groups in total. The maximum absolute atomic E-state index is 11.0. The average Bonchev–Trinajstić information content (AvgIpc) is 3.28. The molecule has 4 rings (SSSR count). The lowest BCUT2D eigenvalue weighted by molar-refractivity contribution is 0.0661. The van der Waals surface area contributed by atoms with Gasteiger partial charge in [0.1, 0.15) is 11.6 Å². The average molecular weight is 439 g/mol. The number of carboxylic acid groups (broad SMARTS) is 1. The van der Waals surface area contributed by atoms with Crippen LogP contribution in [0.4, 0.5) is 5.82 Å². The Labute approximate surface area is 186 Å². The topological polar surface area (TPSA) is 82.7 Å². The third-order valence-electron chi connectivity index (χ3n) is 5.27. The van der Waals surface area contributed by atoms with Crippen LogP contribution < -0.4 is 4.90 Å². The van der Waals surface area contributed by atoms with Gasteiger partial charge in [0, 0.05) is 44.5 Å². The highest BCUT2D eigenvalue weighted by Crippen LogP contribution is 2.25.